The van der Waals surface area contributed by atoms with Gasteiger partial charge >= 0.3 is 5.97 Å². The van der Waals surface area contributed by atoms with Gasteiger partial charge in [-0.05, 0) is 12.5 Å². The highest BCUT2D eigenvalue weighted by molar-refractivity contribution is 5.88. The molecule has 0 fully saturated rings. The number of aromatic carboxylic acids is 1. The van der Waals surface area contributed by atoms with Crippen molar-refractivity contribution in [2.45, 2.75) is 19.8 Å². The van der Waals surface area contributed by atoms with Crippen molar-refractivity contribution in [3.63, 3.8) is 0 Å². The van der Waals surface area contributed by atoms with Crippen molar-refractivity contribution in [3.05, 3.63) is 23.4 Å². The molecular weight excluding hydrogens is 262 g/mol. The van der Waals surface area contributed by atoms with Crippen LogP contribution in [0.15, 0.2) is 12.1 Å². The minimum absolute atomic E-state index is 0.197. The maximum atomic E-state index is 11.0. The van der Waals surface area contributed by atoms with Crippen LogP contribution in [0.25, 0.3) is 0 Å². The molecule has 0 saturated carbocycles. The van der Waals surface area contributed by atoms with Gasteiger partial charge in [-0.2, -0.15) is 0 Å². The number of carboxylic acids is 1. The third-order valence-electron chi connectivity index (χ3n) is 2.58. The van der Waals surface area contributed by atoms with Gasteiger partial charge in [0.05, 0.1) is 25.4 Å². The van der Waals surface area contributed by atoms with Gasteiger partial charge < -0.3 is 19.3 Å². The summed E-state index contributed by atoms with van der Waals surface area (Å²) in [6.45, 7) is 4.06. The molecule has 6 nitrogen and oxygen atoms in total. The van der Waals surface area contributed by atoms with Gasteiger partial charge in [0.1, 0.15) is 0 Å². The molecule has 0 unspecified atom stereocenters. The van der Waals surface area contributed by atoms with Crippen LogP contribution in [-0.2, 0) is 15.9 Å². The quantitative estimate of drug-likeness (QED) is 0.659. The zero-order valence-electron chi connectivity index (χ0n) is 11.9. The minimum atomic E-state index is -0.977. The normalized spacial score (nSPS) is 10.5. The molecular formula is C14H21NO5. The molecule has 0 aromatic carbocycles. The molecule has 1 N–H and O–H groups in total. The highest BCUT2D eigenvalue weighted by atomic mass is 16.5. The highest BCUT2D eigenvalue weighted by Gasteiger charge is 2.08. The van der Waals surface area contributed by atoms with Gasteiger partial charge in [0.15, 0.2) is 0 Å². The van der Waals surface area contributed by atoms with Crippen LogP contribution in [0, 0.1) is 0 Å². The molecule has 1 rings (SSSR count). The Morgan fingerprint density at radius 1 is 1.25 bits per heavy atom. The number of hydrogen-bond acceptors (Lipinski definition) is 5. The van der Waals surface area contributed by atoms with Gasteiger partial charge in [0, 0.05) is 31.9 Å². The number of ether oxygens (including phenoxy) is 3. The van der Waals surface area contributed by atoms with Gasteiger partial charge in [0.25, 0.3) is 0 Å². The summed E-state index contributed by atoms with van der Waals surface area (Å²) < 4.78 is 15.6. The largest absolute Gasteiger partial charge is 0.478 e. The fourth-order valence-corrected chi connectivity index (χ4v) is 1.52. The van der Waals surface area contributed by atoms with Gasteiger partial charge in [-0.25, -0.2) is 9.78 Å². The molecule has 1 aromatic rings. The highest BCUT2D eigenvalue weighted by Crippen LogP contribution is 2.13. The van der Waals surface area contributed by atoms with E-state index in [1.807, 2.05) is 6.92 Å². The van der Waals surface area contributed by atoms with Crippen molar-refractivity contribution in [3.8, 4) is 5.88 Å². The number of rotatable bonds is 10. The Morgan fingerprint density at radius 3 is 2.70 bits per heavy atom. The van der Waals surface area contributed by atoms with Crippen LogP contribution in [0.1, 0.15) is 29.4 Å². The van der Waals surface area contributed by atoms with E-state index in [-0.39, 0.29) is 5.56 Å². The van der Waals surface area contributed by atoms with Crippen molar-refractivity contribution in [1.29, 1.82) is 0 Å². The summed E-state index contributed by atoms with van der Waals surface area (Å²) in [6.07, 6.45) is 1.38. The van der Waals surface area contributed by atoms with Gasteiger partial charge in [-0.3, -0.25) is 0 Å². The average molecular weight is 283 g/mol. The van der Waals surface area contributed by atoms with Crippen LogP contribution in [-0.4, -0.2) is 49.6 Å². The van der Waals surface area contributed by atoms with E-state index in [0.717, 1.165) is 0 Å². The first kappa shape index (κ1) is 16.4. The zero-order valence-corrected chi connectivity index (χ0v) is 11.9. The van der Waals surface area contributed by atoms with Crippen molar-refractivity contribution >= 4 is 5.97 Å². The lowest BCUT2D eigenvalue weighted by atomic mass is 10.2. The number of methoxy groups -OCH3 is 1. The van der Waals surface area contributed by atoms with Crippen LogP contribution in [0.5, 0.6) is 5.88 Å². The summed E-state index contributed by atoms with van der Waals surface area (Å²) >= 11 is 0. The number of aromatic nitrogens is 1. The summed E-state index contributed by atoms with van der Waals surface area (Å²) in [5.74, 6) is -0.631. The molecule has 0 aliphatic rings. The van der Waals surface area contributed by atoms with Gasteiger partial charge in [-0.1, -0.05) is 6.92 Å². The Bertz CT molecular complexity index is 422. The fourth-order valence-electron chi connectivity index (χ4n) is 1.52. The Balaban J connectivity index is 2.39. The van der Waals surface area contributed by atoms with Crippen molar-refractivity contribution in [1.82, 2.24) is 4.98 Å². The second kappa shape index (κ2) is 9.28. The Morgan fingerprint density at radius 2 is 2.05 bits per heavy atom. The Kier molecular flexibility index (Phi) is 7.60. The number of hydrogen-bond donors (Lipinski definition) is 1. The second-order valence-electron chi connectivity index (χ2n) is 4.15. The second-order valence-corrected chi connectivity index (χ2v) is 4.15. The third kappa shape index (κ3) is 5.99. The molecule has 0 bridgehead atoms. The summed E-state index contributed by atoms with van der Waals surface area (Å²) in [7, 11) is 1.62. The minimum Gasteiger partial charge on any atom is -0.478 e. The first-order valence-corrected chi connectivity index (χ1v) is 6.61. The van der Waals surface area contributed by atoms with E-state index in [0.29, 0.717) is 50.8 Å². The molecule has 6 heteroatoms. The zero-order chi connectivity index (χ0) is 14.8. The first-order chi connectivity index (χ1) is 9.67. The molecule has 0 saturated heterocycles. The fraction of sp³-hybridized carbons (Fsp3) is 0.571. The Labute approximate surface area is 118 Å². The predicted molar refractivity (Wildman–Crippen MR) is 73.4 cm³/mol. The van der Waals surface area contributed by atoms with Crippen molar-refractivity contribution < 1.29 is 24.1 Å². The number of nitrogens with zero attached hydrogens (tertiary/aromatic N) is 1. The monoisotopic (exact) mass is 283 g/mol. The SMILES string of the molecule is CCc1cc(C(=O)O)cc(OCCCOCCOC)n1. The number of aryl methyl sites for hydroxylation is 1. The van der Waals surface area contributed by atoms with E-state index in [2.05, 4.69) is 4.98 Å². The molecule has 0 atom stereocenters. The molecule has 1 aromatic heterocycles. The average Bonchev–Trinajstić information content (AvgIpc) is 2.46. The van der Waals surface area contributed by atoms with E-state index in [1.54, 1.807) is 13.2 Å². The van der Waals surface area contributed by atoms with E-state index in [9.17, 15) is 4.79 Å². The van der Waals surface area contributed by atoms with E-state index >= 15 is 0 Å². The molecule has 20 heavy (non-hydrogen) atoms. The summed E-state index contributed by atoms with van der Waals surface area (Å²) in [5.41, 5.74) is 0.902. The lowest BCUT2D eigenvalue weighted by Gasteiger charge is -2.08. The number of carboxylic acid groups (broad SMARTS) is 1. The van der Waals surface area contributed by atoms with E-state index in [4.69, 9.17) is 19.3 Å². The summed E-state index contributed by atoms with van der Waals surface area (Å²) in [6, 6.07) is 3.00. The first-order valence-electron chi connectivity index (χ1n) is 6.61. The van der Waals surface area contributed by atoms with Gasteiger partial charge in [0.2, 0.25) is 5.88 Å². The van der Waals surface area contributed by atoms with Crippen molar-refractivity contribution in [2.24, 2.45) is 0 Å². The molecule has 0 aliphatic heterocycles. The van der Waals surface area contributed by atoms with E-state index in [1.165, 1.54) is 6.07 Å². The molecule has 0 spiro atoms. The maximum Gasteiger partial charge on any atom is 0.335 e. The van der Waals surface area contributed by atoms with Crippen molar-refractivity contribution in [2.75, 3.05) is 33.5 Å². The lowest BCUT2D eigenvalue weighted by Crippen LogP contribution is -2.08. The molecule has 0 aliphatic carbocycles. The van der Waals surface area contributed by atoms with Crippen LogP contribution < -0.4 is 4.74 Å². The molecule has 0 amide bonds. The van der Waals surface area contributed by atoms with Crippen LogP contribution in [0.3, 0.4) is 0 Å². The molecule has 0 radical (unpaired) electrons. The topological polar surface area (TPSA) is 77.9 Å². The summed E-state index contributed by atoms with van der Waals surface area (Å²) in [4.78, 5) is 15.2. The number of carbonyl (C=O) groups is 1. The van der Waals surface area contributed by atoms with Gasteiger partial charge in [-0.15, -0.1) is 0 Å². The maximum absolute atomic E-state index is 11.0. The smallest absolute Gasteiger partial charge is 0.335 e. The van der Waals surface area contributed by atoms with Crippen LogP contribution >= 0.6 is 0 Å². The standard InChI is InChI=1S/C14H21NO5/c1-3-12-9-11(14(16)17)10-13(15-12)20-6-4-5-19-8-7-18-2/h9-10H,3-8H2,1-2H3,(H,16,17). The Hall–Kier alpha value is -1.66. The molecule has 1 heterocycles. The lowest BCUT2D eigenvalue weighted by molar-refractivity contribution is 0.0640. The molecule has 112 valence electrons. The van der Waals surface area contributed by atoms with Crippen LogP contribution in [0.4, 0.5) is 0 Å². The third-order valence-corrected chi connectivity index (χ3v) is 2.58. The van der Waals surface area contributed by atoms with Crippen LogP contribution in [0.2, 0.25) is 0 Å². The summed E-state index contributed by atoms with van der Waals surface area (Å²) in [5, 5.41) is 9.01. The number of pyridine rings is 1. The predicted octanol–water partition coefficient (Wildman–Crippen LogP) is 1.77. The van der Waals surface area contributed by atoms with E-state index < -0.39 is 5.97 Å².